The zero-order valence-corrected chi connectivity index (χ0v) is 11.0. The summed E-state index contributed by atoms with van der Waals surface area (Å²) < 4.78 is 0. The summed E-state index contributed by atoms with van der Waals surface area (Å²) in [5.41, 5.74) is 2.81. The molecule has 1 nitrogen and oxygen atoms in total. The minimum atomic E-state index is 0.00948. The molecular weight excluding hydrogens is 196 g/mol. The maximum Gasteiger partial charge on any atom is 0.0856 e. The highest BCUT2D eigenvalue weighted by Crippen LogP contribution is 2.10. The lowest BCUT2D eigenvalue weighted by atomic mass is 10.1. The summed E-state index contributed by atoms with van der Waals surface area (Å²) in [4.78, 5) is 0. The van der Waals surface area contributed by atoms with Gasteiger partial charge in [0, 0.05) is 0 Å². The van der Waals surface area contributed by atoms with Gasteiger partial charge in [0.2, 0.25) is 0 Å². The standard InChI is InChI=1S/C15H25O/c1-4-5-6-9-14(2)10-7-11-15(3)12-8-13-16/h4-5,10,12H,6-9,11,13H2,1-3H3/b5-4+,14-10+,15-12+. The van der Waals surface area contributed by atoms with Crippen molar-refractivity contribution >= 4 is 0 Å². The van der Waals surface area contributed by atoms with E-state index in [1.165, 1.54) is 11.1 Å². The highest BCUT2D eigenvalue weighted by atomic mass is 16.2. The van der Waals surface area contributed by atoms with E-state index in [2.05, 4.69) is 45.1 Å². The van der Waals surface area contributed by atoms with Crippen molar-refractivity contribution in [1.29, 1.82) is 0 Å². The SMILES string of the molecule is C/C=C/CC/C(C)=C/CC/C(C)=C/CC[O]. The van der Waals surface area contributed by atoms with E-state index in [-0.39, 0.29) is 6.61 Å². The van der Waals surface area contributed by atoms with Crippen molar-refractivity contribution in [3.05, 3.63) is 35.5 Å². The number of rotatable bonds is 8. The Morgan fingerprint density at radius 3 is 2.06 bits per heavy atom. The Morgan fingerprint density at radius 2 is 1.50 bits per heavy atom. The van der Waals surface area contributed by atoms with Crippen LogP contribution in [0.3, 0.4) is 0 Å². The topological polar surface area (TPSA) is 19.9 Å². The van der Waals surface area contributed by atoms with Crippen molar-refractivity contribution in [3.63, 3.8) is 0 Å². The first kappa shape index (κ1) is 15.2. The molecule has 0 fully saturated rings. The first-order chi connectivity index (χ1) is 7.70. The molecule has 16 heavy (non-hydrogen) atoms. The predicted octanol–water partition coefficient (Wildman–Crippen LogP) is 4.84. The third-order valence-electron chi connectivity index (χ3n) is 2.58. The first-order valence-corrected chi connectivity index (χ1v) is 6.21. The lowest BCUT2D eigenvalue weighted by Crippen LogP contribution is -1.82. The van der Waals surface area contributed by atoms with Crippen LogP contribution in [0.2, 0.25) is 0 Å². The monoisotopic (exact) mass is 221 g/mol. The lowest BCUT2D eigenvalue weighted by Gasteiger charge is -2.00. The molecule has 0 bridgehead atoms. The summed E-state index contributed by atoms with van der Waals surface area (Å²) in [6, 6.07) is 0. The van der Waals surface area contributed by atoms with Crippen molar-refractivity contribution in [3.8, 4) is 0 Å². The second kappa shape index (κ2) is 10.7. The maximum atomic E-state index is 10.3. The quantitative estimate of drug-likeness (QED) is 0.523. The zero-order chi connectivity index (χ0) is 12.2. The molecule has 0 atom stereocenters. The largest absolute Gasteiger partial charge is 0.236 e. The van der Waals surface area contributed by atoms with Gasteiger partial charge in [0.1, 0.15) is 0 Å². The van der Waals surface area contributed by atoms with E-state index >= 15 is 0 Å². The van der Waals surface area contributed by atoms with Gasteiger partial charge in [-0.05, 0) is 52.9 Å². The Labute approximate surface area is 101 Å². The van der Waals surface area contributed by atoms with Crippen molar-refractivity contribution < 1.29 is 5.11 Å². The number of allylic oxidation sites excluding steroid dienone is 5. The van der Waals surface area contributed by atoms with Crippen molar-refractivity contribution in [2.45, 2.75) is 52.9 Å². The summed E-state index contributed by atoms with van der Waals surface area (Å²) in [6.07, 6.45) is 13.9. The Kier molecular flexibility index (Phi) is 10.1. The Balaban J connectivity index is 3.72. The van der Waals surface area contributed by atoms with Crippen LogP contribution in [-0.2, 0) is 5.11 Å². The van der Waals surface area contributed by atoms with Crippen LogP contribution in [0.15, 0.2) is 35.5 Å². The summed E-state index contributed by atoms with van der Waals surface area (Å²) >= 11 is 0. The van der Waals surface area contributed by atoms with Gasteiger partial charge in [0.15, 0.2) is 0 Å². The van der Waals surface area contributed by atoms with Gasteiger partial charge in [-0.1, -0.05) is 35.5 Å². The number of hydrogen-bond acceptors (Lipinski definition) is 0. The fourth-order valence-electron chi connectivity index (χ4n) is 1.53. The van der Waals surface area contributed by atoms with Crippen molar-refractivity contribution in [1.82, 2.24) is 0 Å². The van der Waals surface area contributed by atoms with Crippen molar-refractivity contribution in [2.24, 2.45) is 0 Å². The normalized spacial score (nSPS) is 13.8. The maximum absolute atomic E-state index is 10.3. The van der Waals surface area contributed by atoms with Crippen molar-refractivity contribution in [2.75, 3.05) is 6.61 Å². The van der Waals surface area contributed by atoms with Gasteiger partial charge >= 0.3 is 0 Å². The van der Waals surface area contributed by atoms with Gasteiger partial charge in [-0.15, -0.1) is 0 Å². The van der Waals surface area contributed by atoms with Crippen LogP contribution in [0, 0.1) is 0 Å². The van der Waals surface area contributed by atoms with Crippen LogP contribution in [0.5, 0.6) is 0 Å². The van der Waals surface area contributed by atoms with Gasteiger partial charge in [0.05, 0.1) is 6.61 Å². The zero-order valence-electron chi connectivity index (χ0n) is 11.0. The third kappa shape index (κ3) is 9.72. The Morgan fingerprint density at radius 1 is 0.938 bits per heavy atom. The fourth-order valence-corrected chi connectivity index (χ4v) is 1.53. The van der Waals surface area contributed by atoms with E-state index in [9.17, 15) is 5.11 Å². The van der Waals surface area contributed by atoms with E-state index in [1.54, 1.807) is 0 Å². The molecule has 0 aromatic rings. The molecule has 0 unspecified atom stereocenters. The van der Waals surface area contributed by atoms with Gasteiger partial charge < -0.3 is 0 Å². The van der Waals surface area contributed by atoms with Crippen LogP contribution in [0.1, 0.15) is 52.9 Å². The van der Waals surface area contributed by atoms with Crippen LogP contribution < -0.4 is 0 Å². The fraction of sp³-hybridized carbons (Fsp3) is 0.600. The van der Waals surface area contributed by atoms with Crippen LogP contribution in [-0.4, -0.2) is 6.61 Å². The highest BCUT2D eigenvalue weighted by Gasteiger charge is 1.91. The molecule has 0 heterocycles. The summed E-state index contributed by atoms with van der Waals surface area (Å²) in [5.74, 6) is 0. The molecule has 1 heteroatoms. The molecule has 0 saturated carbocycles. The minimum absolute atomic E-state index is 0.00948. The minimum Gasteiger partial charge on any atom is -0.236 e. The van der Waals surface area contributed by atoms with Gasteiger partial charge in [0.25, 0.3) is 0 Å². The Bertz CT molecular complexity index is 246. The lowest BCUT2D eigenvalue weighted by molar-refractivity contribution is 0.199. The molecule has 0 aliphatic heterocycles. The highest BCUT2D eigenvalue weighted by molar-refractivity contribution is 5.04. The second-order valence-corrected chi connectivity index (χ2v) is 4.24. The molecule has 0 saturated heterocycles. The summed E-state index contributed by atoms with van der Waals surface area (Å²) in [7, 11) is 0. The molecule has 1 radical (unpaired) electrons. The molecule has 0 amide bonds. The summed E-state index contributed by atoms with van der Waals surface area (Å²) in [6.45, 7) is 6.37. The van der Waals surface area contributed by atoms with Gasteiger partial charge in [-0.2, -0.15) is 0 Å². The van der Waals surface area contributed by atoms with E-state index < -0.39 is 0 Å². The predicted molar refractivity (Wildman–Crippen MR) is 71.0 cm³/mol. The molecule has 0 aliphatic carbocycles. The Hall–Kier alpha value is -0.820. The van der Waals surface area contributed by atoms with E-state index in [4.69, 9.17) is 0 Å². The molecule has 0 spiro atoms. The van der Waals surface area contributed by atoms with Gasteiger partial charge in [-0.3, -0.25) is 0 Å². The third-order valence-corrected chi connectivity index (χ3v) is 2.58. The molecule has 0 aliphatic rings. The second-order valence-electron chi connectivity index (χ2n) is 4.24. The molecule has 0 aromatic carbocycles. The van der Waals surface area contributed by atoms with Crippen LogP contribution >= 0.6 is 0 Å². The van der Waals surface area contributed by atoms with E-state index in [0.717, 1.165) is 25.7 Å². The summed E-state index contributed by atoms with van der Waals surface area (Å²) in [5, 5.41) is 10.3. The number of hydrogen-bond donors (Lipinski definition) is 0. The van der Waals surface area contributed by atoms with Crippen LogP contribution in [0.25, 0.3) is 0 Å². The first-order valence-electron chi connectivity index (χ1n) is 6.21. The molecule has 0 aromatic heterocycles. The molecular formula is C15H25O. The van der Waals surface area contributed by atoms with E-state index in [1.807, 2.05) is 0 Å². The van der Waals surface area contributed by atoms with E-state index in [0.29, 0.717) is 6.42 Å². The van der Waals surface area contributed by atoms with Gasteiger partial charge in [-0.25, -0.2) is 5.11 Å². The van der Waals surface area contributed by atoms with Crippen LogP contribution in [0.4, 0.5) is 0 Å². The molecule has 0 N–H and O–H groups in total. The molecule has 0 rings (SSSR count). The molecule has 91 valence electrons. The average Bonchev–Trinajstić information content (AvgIpc) is 2.26. The smallest absolute Gasteiger partial charge is 0.0856 e. The average molecular weight is 221 g/mol.